The van der Waals surface area contributed by atoms with Crippen molar-refractivity contribution in [2.45, 2.75) is 25.9 Å². The van der Waals surface area contributed by atoms with Crippen LogP contribution in [0.25, 0.3) is 0 Å². The topological polar surface area (TPSA) is 49.3 Å². The fourth-order valence-corrected chi connectivity index (χ4v) is 1.37. The highest BCUT2D eigenvalue weighted by Gasteiger charge is 2.10. The van der Waals surface area contributed by atoms with Crippen LogP contribution < -0.4 is 5.32 Å². The molecule has 0 bridgehead atoms. The molecule has 0 aliphatic rings. The molecule has 0 aromatic heterocycles. The summed E-state index contributed by atoms with van der Waals surface area (Å²) in [6, 6.07) is 4.17. The van der Waals surface area contributed by atoms with Crippen LogP contribution in [0.4, 0.5) is 10.1 Å². The van der Waals surface area contributed by atoms with Crippen LogP contribution in [0, 0.1) is 5.82 Å². The molecule has 1 rings (SSSR count). The van der Waals surface area contributed by atoms with Crippen molar-refractivity contribution in [2.24, 2.45) is 0 Å². The maximum atomic E-state index is 13.3. The van der Waals surface area contributed by atoms with Crippen LogP contribution in [0.15, 0.2) is 18.2 Å². The number of halogens is 2. The molecule has 3 nitrogen and oxygen atoms in total. The number of carbonyl (C=O) groups excluding carboxylic acids is 1. The van der Waals surface area contributed by atoms with Gasteiger partial charge in [-0.05, 0) is 25.5 Å². The highest BCUT2D eigenvalue weighted by atomic mass is 35.5. The van der Waals surface area contributed by atoms with E-state index < -0.39 is 11.9 Å². The molecule has 0 saturated carbocycles. The number of rotatable bonds is 4. The number of aliphatic hydroxyl groups is 1. The standard InChI is InChI=1S/C11H13ClFNO2/c1-7(15)5-6-10(16)14-11-8(12)3-2-4-9(11)13/h2-4,7,15H,5-6H2,1H3,(H,14,16). The molecule has 88 valence electrons. The highest BCUT2D eigenvalue weighted by Crippen LogP contribution is 2.24. The number of benzene rings is 1. The Kier molecular flexibility index (Phi) is 4.71. The lowest BCUT2D eigenvalue weighted by Gasteiger charge is -2.08. The Morgan fingerprint density at radius 1 is 1.62 bits per heavy atom. The van der Waals surface area contributed by atoms with Crippen LogP contribution in [-0.4, -0.2) is 17.1 Å². The van der Waals surface area contributed by atoms with Gasteiger partial charge >= 0.3 is 0 Å². The van der Waals surface area contributed by atoms with E-state index in [4.69, 9.17) is 16.7 Å². The summed E-state index contributed by atoms with van der Waals surface area (Å²) in [6.07, 6.45) is -0.0953. The van der Waals surface area contributed by atoms with Gasteiger partial charge in [-0.1, -0.05) is 17.7 Å². The molecule has 5 heteroatoms. The van der Waals surface area contributed by atoms with Gasteiger partial charge in [-0.15, -0.1) is 0 Å². The van der Waals surface area contributed by atoms with Crippen molar-refractivity contribution >= 4 is 23.2 Å². The van der Waals surface area contributed by atoms with Crippen molar-refractivity contribution in [1.29, 1.82) is 0 Å². The van der Waals surface area contributed by atoms with Crippen LogP contribution >= 0.6 is 11.6 Å². The fraction of sp³-hybridized carbons (Fsp3) is 0.364. The second-order valence-corrected chi connectivity index (χ2v) is 3.94. The zero-order valence-electron chi connectivity index (χ0n) is 8.84. The Morgan fingerprint density at radius 2 is 2.31 bits per heavy atom. The second-order valence-electron chi connectivity index (χ2n) is 3.53. The van der Waals surface area contributed by atoms with Gasteiger partial charge in [0.25, 0.3) is 0 Å². The maximum Gasteiger partial charge on any atom is 0.224 e. The van der Waals surface area contributed by atoms with Gasteiger partial charge in [0.2, 0.25) is 5.91 Å². The average molecular weight is 246 g/mol. The molecule has 0 aliphatic carbocycles. The van der Waals surface area contributed by atoms with Gasteiger partial charge in [-0.25, -0.2) is 4.39 Å². The summed E-state index contributed by atoms with van der Waals surface area (Å²) in [5.41, 5.74) is -0.0141. The first kappa shape index (κ1) is 12.9. The van der Waals surface area contributed by atoms with Gasteiger partial charge in [-0.2, -0.15) is 0 Å². The van der Waals surface area contributed by atoms with Crippen molar-refractivity contribution in [3.63, 3.8) is 0 Å². The van der Waals surface area contributed by atoms with Gasteiger partial charge in [0.1, 0.15) is 5.82 Å². The van der Waals surface area contributed by atoms with Crippen LogP contribution in [-0.2, 0) is 4.79 Å². The summed E-state index contributed by atoms with van der Waals surface area (Å²) in [5.74, 6) is -0.939. The molecule has 2 N–H and O–H groups in total. The smallest absolute Gasteiger partial charge is 0.224 e. The van der Waals surface area contributed by atoms with E-state index in [2.05, 4.69) is 5.32 Å². The van der Waals surface area contributed by atoms with Crippen LogP contribution in [0.5, 0.6) is 0 Å². The number of hydrogen-bond donors (Lipinski definition) is 2. The Morgan fingerprint density at radius 3 is 2.88 bits per heavy atom. The summed E-state index contributed by atoms with van der Waals surface area (Å²) in [4.78, 5) is 11.4. The highest BCUT2D eigenvalue weighted by molar-refractivity contribution is 6.33. The molecule has 1 aromatic rings. The van der Waals surface area contributed by atoms with Gasteiger partial charge in [0, 0.05) is 6.42 Å². The van der Waals surface area contributed by atoms with E-state index in [0.29, 0.717) is 6.42 Å². The molecule has 0 heterocycles. The van der Waals surface area contributed by atoms with Crippen molar-refractivity contribution in [1.82, 2.24) is 0 Å². The summed E-state index contributed by atoms with van der Waals surface area (Å²) < 4.78 is 13.3. The number of para-hydroxylation sites is 1. The number of nitrogens with one attached hydrogen (secondary N) is 1. The van der Waals surface area contributed by atoms with Gasteiger partial charge in [0.15, 0.2) is 0 Å². The number of aliphatic hydroxyl groups excluding tert-OH is 1. The molecule has 1 aromatic carbocycles. The van der Waals surface area contributed by atoms with E-state index in [-0.39, 0.29) is 23.0 Å². The SMILES string of the molecule is CC(O)CCC(=O)Nc1c(F)cccc1Cl. The van der Waals surface area contributed by atoms with E-state index in [1.807, 2.05) is 0 Å². The molecule has 0 saturated heterocycles. The molecule has 0 aliphatic heterocycles. The number of carbonyl (C=O) groups is 1. The van der Waals surface area contributed by atoms with E-state index in [9.17, 15) is 9.18 Å². The molecule has 0 spiro atoms. The van der Waals surface area contributed by atoms with Gasteiger partial charge < -0.3 is 10.4 Å². The van der Waals surface area contributed by atoms with Crippen LogP contribution in [0.2, 0.25) is 5.02 Å². The Bertz CT molecular complexity index is 362. The third-order valence-electron chi connectivity index (χ3n) is 2.02. The summed E-state index contributed by atoms with van der Waals surface area (Å²) >= 11 is 5.73. The number of hydrogen-bond acceptors (Lipinski definition) is 2. The molecule has 1 unspecified atom stereocenters. The third-order valence-corrected chi connectivity index (χ3v) is 2.33. The van der Waals surface area contributed by atoms with E-state index >= 15 is 0 Å². The number of anilines is 1. The zero-order chi connectivity index (χ0) is 12.1. The quantitative estimate of drug-likeness (QED) is 0.857. The molecular weight excluding hydrogens is 233 g/mol. The molecule has 1 amide bonds. The van der Waals surface area contributed by atoms with Gasteiger partial charge in [-0.3, -0.25) is 4.79 Å². The molecule has 1 atom stereocenters. The van der Waals surface area contributed by atoms with Crippen molar-refractivity contribution in [3.8, 4) is 0 Å². The van der Waals surface area contributed by atoms with Gasteiger partial charge in [0.05, 0.1) is 16.8 Å². The lowest BCUT2D eigenvalue weighted by molar-refractivity contribution is -0.116. The third kappa shape index (κ3) is 3.79. The monoisotopic (exact) mass is 245 g/mol. The molecule has 0 fully saturated rings. The maximum absolute atomic E-state index is 13.3. The van der Waals surface area contributed by atoms with Crippen LogP contribution in [0.1, 0.15) is 19.8 Å². The Balaban J connectivity index is 2.63. The zero-order valence-corrected chi connectivity index (χ0v) is 9.59. The minimum atomic E-state index is -0.571. The summed E-state index contributed by atoms with van der Waals surface area (Å²) in [7, 11) is 0. The fourth-order valence-electron chi connectivity index (χ4n) is 1.16. The number of amides is 1. The predicted octanol–water partition coefficient (Wildman–Crippen LogP) is 2.58. The Hall–Kier alpha value is -1.13. The summed E-state index contributed by atoms with van der Waals surface area (Å²) in [5, 5.41) is 11.5. The minimum absolute atomic E-state index is 0.0141. The first-order valence-corrected chi connectivity index (χ1v) is 5.30. The van der Waals surface area contributed by atoms with Crippen molar-refractivity contribution in [3.05, 3.63) is 29.0 Å². The predicted molar refractivity (Wildman–Crippen MR) is 61.0 cm³/mol. The minimum Gasteiger partial charge on any atom is -0.393 e. The van der Waals surface area contributed by atoms with Crippen molar-refractivity contribution < 1.29 is 14.3 Å². The van der Waals surface area contributed by atoms with Crippen molar-refractivity contribution in [2.75, 3.05) is 5.32 Å². The molecular formula is C11H13ClFNO2. The lowest BCUT2D eigenvalue weighted by Crippen LogP contribution is -2.15. The average Bonchev–Trinajstić information content (AvgIpc) is 2.21. The summed E-state index contributed by atoms with van der Waals surface area (Å²) in [6.45, 7) is 1.59. The second kappa shape index (κ2) is 5.82. The molecule has 0 radical (unpaired) electrons. The lowest BCUT2D eigenvalue weighted by atomic mass is 10.2. The first-order chi connectivity index (χ1) is 7.50. The van der Waals surface area contributed by atoms with E-state index in [1.165, 1.54) is 18.2 Å². The largest absolute Gasteiger partial charge is 0.393 e. The Labute approximate surface area is 98.2 Å². The first-order valence-electron chi connectivity index (χ1n) is 4.92. The van der Waals surface area contributed by atoms with E-state index in [0.717, 1.165) is 0 Å². The molecule has 16 heavy (non-hydrogen) atoms. The van der Waals surface area contributed by atoms with E-state index in [1.54, 1.807) is 6.92 Å². The van der Waals surface area contributed by atoms with Crippen LogP contribution in [0.3, 0.4) is 0 Å². The normalized spacial score (nSPS) is 12.2.